The lowest BCUT2D eigenvalue weighted by molar-refractivity contribution is -0.143. The van der Waals surface area contributed by atoms with E-state index in [2.05, 4.69) is 31.4 Å². The fraction of sp³-hybridized carbons (Fsp3) is 0.882. The van der Waals surface area contributed by atoms with E-state index in [0.29, 0.717) is 18.4 Å². The Hall–Kier alpha value is -1.10. The molecular weight excluding hydrogens is 278 g/mol. The lowest BCUT2D eigenvalue weighted by Gasteiger charge is -2.37. The highest BCUT2D eigenvalue weighted by Crippen LogP contribution is 2.20. The third-order valence-electron chi connectivity index (χ3n) is 4.82. The van der Waals surface area contributed by atoms with Crippen LogP contribution in [-0.2, 0) is 9.59 Å². The van der Waals surface area contributed by atoms with Gasteiger partial charge in [-0.3, -0.25) is 9.59 Å². The Morgan fingerprint density at radius 2 is 2.14 bits per heavy atom. The second-order valence-corrected chi connectivity index (χ2v) is 7.19. The number of nitrogens with zero attached hydrogens (tertiary/aromatic N) is 1. The third-order valence-corrected chi connectivity index (χ3v) is 4.82. The van der Waals surface area contributed by atoms with Crippen molar-refractivity contribution in [1.29, 1.82) is 0 Å². The van der Waals surface area contributed by atoms with Crippen LogP contribution in [0.5, 0.6) is 0 Å². The minimum absolute atomic E-state index is 0.0319. The van der Waals surface area contributed by atoms with Gasteiger partial charge in [0.2, 0.25) is 11.8 Å². The molecule has 0 aliphatic carbocycles. The van der Waals surface area contributed by atoms with Crippen LogP contribution in [0.4, 0.5) is 0 Å². The molecule has 0 spiro atoms. The maximum absolute atomic E-state index is 12.8. The molecule has 2 heterocycles. The summed E-state index contributed by atoms with van der Waals surface area (Å²) in [6.07, 6.45) is 5.40. The van der Waals surface area contributed by atoms with Crippen LogP contribution in [0.25, 0.3) is 0 Å². The van der Waals surface area contributed by atoms with Crippen molar-refractivity contribution in [1.82, 2.24) is 15.5 Å². The molecule has 2 N–H and O–H groups in total. The first-order valence-electron chi connectivity index (χ1n) is 8.82. The smallest absolute Gasteiger partial charge is 0.243 e. The summed E-state index contributed by atoms with van der Waals surface area (Å²) < 4.78 is 0. The second-order valence-electron chi connectivity index (χ2n) is 7.19. The monoisotopic (exact) mass is 309 g/mol. The topological polar surface area (TPSA) is 61.4 Å². The van der Waals surface area contributed by atoms with E-state index in [1.807, 2.05) is 4.90 Å². The fourth-order valence-corrected chi connectivity index (χ4v) is 3.50. The molecule has 0 bridgehead atoms. The van der Waals surface area contributed by atoms with Crippen molar-refractivity contribution in [3.05, 3.63) is 0 Å². The Morgan fingerprint density at radius 3 is 2.77 bits per heavy atom. The lowest BCUT2D eigenvalue weighted by Crippen LogP contribution is -2.58. The first-order valence-corrected chi connectivity index (χ1v) is 8.82. The van der Waals surface area contributed by atoms with Gasteiger partial charge in [0.05, 0.1) is 0 Å². The molecule has 5 heteroatoms. The molecule has 3 atom stereocenters. The van der Waals surface area contributed by atoms with E-state index in [1.54, 1.807) is 0 Å². The van der Waals surface area contributed by atoms with E-state index in [0.717, 1.165) is 45.2 Å². The van der Waals surface area contributed by atoms with E-state index in [1.165, 1.54) is 0 Å². The minimum Gasteiger partial charge on any atom is -0.350 e. The summed E-state index contributed by atoms with van der Waals surface area (Å²) in [4.78, 5) is 26.8. The summed E-state index contributed by atoms with van der Waals surface area (Å²) in [6, 6.07) is 0.173. The summed E-state index contributed by atoms with van der Waals surface area (Å²) in [5.74, 6) is 0.568. The van der Waals surface area contributed by atoms with Gasteiger partial charge < -0.3 is 15.5 Å². The number of likely N-dealkylation sites (tertiary alicyclic amines) is 1. The van der Waals surface area contributed by atoms with Gasteiger partial charge in [0, 0.05) is 25.0 Å². The van der Waals surface area contributed by atoms with Gasteiger partial charge in [-0.05, 0) is 51.5 Å². The van der Waals surface area contributed by atoms with Crippen molar-refractivity contribution in [2.75, 3.05) is 13.1 Å². The Labute approximate surface area is 134 Å². The Balaban J connectivity index is 2.03. The van der Waals surface area contributed by atoms with Gasteiger partial charge in [-0.1, -0.05) is 13.8 Å². The molecule has 2 rings (SSSR count). The van der Waals surface area contributed by atoms with E-state index in [-0.39, 0.29) is 23.9 Å². The molecule has 0 aromatic rings. The van der Waals surface area contributed by atoms with Crippen molar-refractivity contribution in [3.63, 3.8) is 0 Å². The molecule has 0 saturated carbocycles. The maximum atomic E-state index is 12.8. The van der Waals surface area contributed by atoms with Crippen molar-refractivity contribution < 1.29 is 9.59 Å². The highest BCUT2D eigenvalue weighted by molar-refractivity contribution is 5.88. The summed E-state index contributed by atoms with van der Waals surface area (Å²) in [7, 11) is 0. The summed E-state index contributed by atoms with van der Waals surface area (Å²) in [5, 5.41) is 6.61. The summed E-state index contributed by atoms with van der Waals surface area (Å²) in [6.45, 7) is 8.09. The number of hydrogen-bond acceptors (Lipinski definition) is 3. The molecule has 2 fully saturated rings. The zero-order valence-corrected chi connectivity index (χ0v) is 14.2. The molecule has 126 valence electrons. The Kier molecular flexibility index (Phi) is 6.24. The van der Waals surface area contributed by atoms with Crippen LogP contribution in [0.15, 0.2) is 0 Å². The van der Waals surface area contributed by atoms with Crippen LogP contribution in [0.3, 0.4) is 0 Å². The fourth-order valence-electron chi connectivity index (χ4n) is 3.50. The molecule has 0 aromatic heterocycles. The number of rotatable bonds is 5. The Bertz CT molecular complexity index is 397. The van der Waals surface area contributed by atoms with Crippen molar-refractivity contribution in [3.8, 4) is 0 Å². The van der Waals surface area contributed by atoms with E-state index in [9.17, 15) is 9.59 Å². The molecule has 2 aliphatic heterocycles. The molecule has 0 aromatic carbocycles. The number of carbonyl (C=O) groups excluding carboxylic acids is 2. The van der Waals surface area contributed by atoms with E-state index >= 15 is 0 Å². The van der Waals surface area contributed by atoms with Crippen LogP contribution in [-0.4, -0.2) is 47.9 Å². The van der Waals surface area contributed by atoms with Crippen LogP contribution in [0.2, 0.25) is 0 Å². The maximum Gasteiger partial charge on any atom is 0.243 e. The van der Waals surface area contributed by atoms with Gasteiger partial charge in [-0.15, -0.1) is 0 Å². The predicted molar refractivity (Wildman–Crippen MR) is 87.4 cm³/mol. The predicted octanol–water partition coefficient (Wildman–Crippen LogP) is 1.67. The lowest BCUT2D eigenvalue weighted by atomic mass is 9.96. The van der Waals surface area contributed by atoms with E-state index < -0.39 is 0 Å². The van der Waals surface area contributed by atoms with E-state index in [4.69, 9.17) is 0 Å². The normalized spacial score (nSPS) is 27.8. The van der Waals surface area contributed by atoms with Crippen LogP contribution in [0.1, 0.15) is 59.3 Å². The second kappa shape index (κ2) is 7.95. The SMILES string of the molecule is CC(C)CC(C(=O)NC1CCCNC1C)N1CCCCC1=O. The molecular formula is C17H31N3O2. The highest BCUT2D eigenvalue weighted by atomic mass is 16.2. The zero-order valence-electron chi connectivity index (χ0n) is 14.2. The largest absolute Gasteiger partial charge is 0.350 e. The number of hydrogen-bond donors (Lipinski definition) is 2. The molecule has 2 aliphatic rings. The molecule has 3 unspecified atom stereocenters. The molecule has 22 heavy (non-hydrogen) atoms. The third kappa shape index (κ3) is 4.45. The van der Waals surface area contributed by atoms with Gasteiger partial charge in [-0.2, -0.15) is 0 Å². The van der Waals surface area contributed by atoms with Crippen molar-refractivity contribution in [2.24, 2.45) is 5.92 Å². The van der Waals surface area contributed by atoms with Gasteiger partial charge in [0.1, 0.15) is 6.04 Å². The number of piperidine rings is 2. The molecule has 2 amide bonds. The summed E-state index contributed by atoms with van der Waals surface area (Å²) >= 11 is 0. The van der Waals surface area contributed by atoms with Gasteiger partial charge in [0.25, 0.3) is 0 Å². The zero-order chi connectivity index (χ0) is 16.1. The number of nitrogens with one attached hydrogen (secondary N) is 2. The van der Waals surface area contributed by atoms with Crippen LogP contribution < -0.4 is 10.6 Å². The van der Waals surface area contributed by atoms with Gasteiger partial charge >= 0.3 is 0 Å². The molecule has 0 radical (unpaired) electrons. The van der Waals surface area contributed by atoms with Crippen LogP contribution in [0, 0.1) is 5.92 Å². The van der Waals surface area contributed by atoms with Gasteiger partial charge in [0.15, 0.2) is 0 Å². The Morgan fingerprint density at radius 1 is 1.36 bits per heavy atom. The molecule has 5 nitrogen and oxygen atoms in total. The first-order chi connectivity index (χ1) is 10.5. The van der Waals surface area contributed by atoms with Crippen molar-refractivity contribution >= 4 is 11.8 Å². The average Bonchev–Trinajstić information content (AvgIpc) is 2.48. The minimum atomic E-state index is -0.304. The quantitative estimate of drug-likeness (QED) is 0.812. The standard InChI is InChI=1S/C17H31N3O2/c1-12(2)11-15(20-10-5-4-8-16(20)21)17(22)19-14-7-6-9-18-13(14)3/h12-15,18H,4-11H2,1-3H3,(H,19,22). The first kappa shape index (κ1) is 17.3. The highest BCUT2D eigenvalue weighted by Gasteiger charge is 2.33. The van der Waals surface area contributed by atoms with Crippen molar-refractivity contribution in [2.45, 2.75) is 77.4 Å². The summed E-state index contributed by atoms with van der Waals surface area (Å²) in [5.41, 5.74) is 0. The number of carbonyl (C=O) groups is 2. The number of amides is 2. The van der Waals surface area contributed by atoms with Gasteiger partial charge in [-0.25, -0.2) is 0 Å². The van der Waals surface area contributed by atoms with Crippen LogP contribution >= 0.6 is 0 Å². The average molecular weight is 309 g/mol. The molecule has 2 saturated heterocycles.